The molecule has 2 fully saturated rings. The van der Waals surface area contributed by atoms with Crippen LogP contribution >= 0.6 is 0 Å². The van der Waals surface area contributed by atoms with Crippen molar-refractivity contribution in [3.63, 3.8) is 0 Å². The number of aliphatic hydroxyl groups is 1. The van der Waals surface area contributed by atoms with E-state index in [1.807, 2.05) is 0 Å². The molecular weight excluding hydrogens is 150 g/mol. The van der Waals surface area contributed by atoms with Crippen LogP contribution in [-0.4, -0.2) is 17.8 Å². The van der Waals surface area contributed by atoms with Gasteiger partial charge in [0.05, 0.1) is 6.10 Å². The molecule has 0 aromatic heterocycles. The van der Waals surface area contributed by atoms with Crippen molar-refractivity contribution in [2.45, 2.75) is 44.6 Å². The average Bonchev–Trinajstić information content (AvgIpc) is 2.02. The Bertz CT molecular complexity index is 146. The Balaban J connectivity index is 1.83. The molecule has 2 heteroatoms. The lowest BCUT2D eigenvalue weighted by molar-refractivity contribution is -0.0215. The third-order valence-electron chi connectivity index (χ3n) is 3.79. The maximum absolute atomic E-state index is 9.36. The maximum atomic E-state index is 9.36. The molecule has 2 rings (SSSR count). The minimum Gasteiger partial charge on any atom is -0.393 e. The molecule has 0 saturated heterocycles. The summed E-state index contributed by atoms with van der Waals surface area (Å²) < 4.78 is 0. The van der Waals surface area contributed by atoms with Crippen LogP contribution in [0.25, 0.3) is 0 Å². The molecule has 3 N–H and O–H groups in total. The van der Waals surface area contributed by atoms with Crippen molar-refractivity contribution >= 4 is 0 Å². The van der Waals surface area contributed by atoms with Gasteiger partial charge in [0, 0.05) is 0 Å². The van der Waals surface area contributed by atoms with E-state index in [9.17, 15) is 5.11 Å². The Kier molecular flexibility index (Phi) is 2.13. The summed E-state index contributed by atoms with van der Waals surface area (Å²) >= 11 is 0. The fourth-order valence-corrected chi connectivity index (χ4v) is 2.95. The molecule has 70 valence electrons. The third-order valence-corrected chi connectivity index (χ3v) is 3.79. The Hall–Kier alpha value is -0.0800. The summed E-state index contributed by atoms with van der Waals surface area (Å²) in [6.45, 7) is 0.865. The zero-order valence-electron chi connectivity index (χ0n) is 7.63. The Labute approximate surface area is 74.1 Å². The summed E-state index contributed by atoms with van der Waals surface area (Å²) in [4.78, 5) is 0. The van der Waals surface area contributed by atoms with Gasteiger partial charge in [-0.2, -0.15) is 0 Å². The van der Waals surface area contributed by atoms with Gasteiger partial charge in [0.25, 0.3) is 0 Å². The SMILES string of the molecule is NCC1CC2(CCC(O)CC2)C1. The Morgan fingerprint density at radius 2 is 1.83 bits per heavy atom. The second-order valence-corrected chi connectivity index (χ2v) is 4.74. The minimum absolute atomic E-state index is 0.00690. The summed E-state index contributed by atoms with van der Waals surface area (Å²) in [5.41, 5.74) is 6.22. The Morgan fingerprint density at radius 1 is 1.25 bits per heavy atom. The van der Waals surface area contributed by atoms with Gasteiger partial charge in [-0.05, 0) is 56.4 Å². The fraction of sp³-hybridized carbons (Fsp3) is 1.00. The van der Waals surface area contributed by atoms with Crippen LogP contribution in [0, 0.1) is 11.3 Å². The van der Waals surface area contributed by atoms with E-state index in [1.165, 1.54) is 25.7 Å². The van der Waals surface area contributed by atoms with Gasteiger partial charge >= 0.3 is 0 Å². The van der Waals surface area contributed by atoms with Gasteiger partial charge in [-0.15, -0.1) is 0 Å². The number of rotatable bonds is 1. The number of hydrogen-bond donors (Lipinski definition) is 2. The monoisotopic (exact) mass is 169 g/mol. The third kappa shape index (κ3) is 1.38. The molecule has 0 aromatic rings. The van der Waals surface area contributed by atoms with Crippen molar-refractivity contribution in [3.05, 3.63) is 0 Å². The lowest BCUT2D eigenvalue weighted by atomic mass is 9.55. The number of nitrogens with two attached hydrogens (primary N) is 1. The van der Waals surface area contributed by atoms with Crippen LogP contribution in [0.1, 0.15) is 38.5 Å². The van der Waals surface area contributed by atoms with Crippen molar-refractivity contribution in [3.8, 4) is 0 Å². The zero-order chi connectivity index (χ0) is 8.60. The maximum Gasteiger partial charge on any atom is 0.0540 e. The van der Waals surface area contributed by atoms with E-state index in [-0.39, 0.29) is 6.10 Å². The standard InChI is InChI=1S/C10H19NO/c11-7-8-5-10(6-8)3-1-9(12)2-4-10/h8-9,12H,1-7,11H2. The van der Waals surface area contributed by atoms with E-state index in [1.54, 1.807) is 0 Å². The van der Waals surface area contributed by atoms with E-state index in [0.29, 0.717) is 5.41 Å². The molecular formula is C10H19NO. The highest BCUT2D eigenvalue weighted by atomic mass is 16.3. The first kappa shape index (κ1) is 8.52. The Morgan fingerprint density at radius 3 is 2.33 bits per heavy atom. The summed E-state index contributed by atoms with van der Waals surface area (Å²) in [6.07, 6.45) is 7.18. The highest BCUT2D eigenvalue weighted by molar-refractivity contribution is 4.96. The van der Waals surface area contributed by atoms with Crippen molar-refractivity contribution in [2.75, 3.05) is 6.54 Å². The lowest BCUT2D eigenvalue weighted by Gasteiger charge is -2.51. The van der Waals surface area contributed by atoms with E-state index < -0.39 is 0 Å². The van der Waals surface area contributed by atoms with Crippen molar-refractivity contribution in [1.29, 1.82) is 0 Å². The van der Waals surface area contributed by atoms with E-state index in [2.05, 4.69) is 0 Å². The molecule has 0 amide bonds. The quantitative estimate of drug-likeness (QED) is 0.621. The second kappa shape index (κ2) is 3.00. The van der Waals surface area contributed by atoms with E-state index in [4.69, 9.17) is 5.73 Å². The first-order valence-corrected chi connectivity index (χ1v) is 5.12. The molecule has 12 heavy (non-hydrogen) atoms. The van der Waals surface area contributed by atoms with Gasteiger partial charge < -0.3 is 10.8 Å². The molecule has 2 nitrogen and oxygen atoms in total. The molecule has 2 aliphatic rings. The molecule has 0 atom stereocenters. The topological polar surface area (TPSA) is 46.2 Å². The first-order valence-electron chi connectivity index (χ1n) is 5.12. The predicted octanol–water partition coefficient (Wildman–Crippen LogP) is 1.28. The number of aliphatic hydroxyl groups excluding tert-OH is 1. The summed E-state index contributed by atoms with van der Waals surface area (Å²) in [5.74, 6) is 0.792. The van der Waals surface area contributed by atoms with Crippen LogP contribution in [0.2, 0.25) is 0 Å². The van der Waals surface area contributed by atoms with Gasteiger partial charge in [-0.3, -0.25) is 0 Å². The van der Waals surface area contributed by atoms with Gasteiger partial charge in [0.1, 0.15) is 0 Å². The molecule has 0 unspecified atom stereocenters. The van der Waals surface area contributed by atoms with Crippen LogP contribution < -0.4 is 5.73 Å². The van der Waals surface area contributed by atoms with Crippen LogP contribution in [0.3, 0.4) is 0 Å². The van der Waals surface area contributed by atoms with Gasteiger partial charge in [-0.1, -0.05) is 0 Å². The highest BCUT2D eigenvalue weighted by Gasteiger charge is 2.44. The normalized spacial score (nSPS) is 47.5. The van der Waals surface area contributed by atoms with Crippen molar-refractivity contribution in [1.82, 2.24) is 0 Å². The van der Waals surface area contributed by atoms with E-state index in [0.717, 1.165) is 25.3 Å². The molecule has 0 heterocycles. The summed E-state index contributed by atoms with van der Waals surface area (Å²) in [6, 6.07) is 0. The van der Waals surface area contributed by atoms with Crippen LogP contribution in [0.5, 0.6) is 0 Å². The second-order valence-electron chi connectivity index (χ2n) is 4.74. The van der Waals surface area contributed by atoms with Gasteiger partial charge in [-0.25, -0.2) is 0 Å². The van der Waals surface area contributed by atoms with Crippen molar-refractivity contribution in [2.24, 2.45) is 17.1 Å². The smallest absolute Gasteiger partial charge is 0.0540 e. The molecule has 2 aliphatic carbocycles. The lowest BCUT2D eigenvalue weighted by Crippen LogP contribution is -2.43. The van der Waals surface area contributed by atoms with Crippen LogP contribution in [-0.2, 0) is 0 Å². The molecule has 0 radical (unpaired) electrons. The predicted molar refractivity (Wildman–Crippen MR) is 48.7 cm³/mol. The summed E-state index contributed by atoms with van der Waals surface area (Å²) in [7, 11) is 0. The molecule has 0 aliphatic heterocycles. The first-order chi connectivity index (χ1) is 5.74. The molecule has 0 aromatic carbocycles. The number of hydrogen-bond acceptors (Lipinski definition) is 2. The van der Waals surface area contributed by atoms with Gasteiger partial charge in [0.15, 0.2) is 0 Å². The van der Waals surface area contributed by atoms with Crippen LogP contribution in [0.15, 0.2) is 0 Å². The molecule has 0 bridgehead atoms. The summed E-state index contributed by atoms with van der Waals surface area (Å²) in [5, 5.41) is 9.36. The van der Waals surface area contributed by atoms with E-state index >= 15 is 0 Å². The minimum atomic E-state index is -0.00690. The fourth-order valence-electron chi connectivity index (χ4n) is 2.95. The molecule has 1 spiro atoms. The van der Waals surface area contributed by atoms with Gasteiger partial charge in [0.2, 0.25) is 0 Å². The van der Waals surface area contributed by atoms with Crippen LogP contribution in [0.4, 0.5) is 0 Å². The average molecular weight is 169 g/mol. The highest BCUT2D eigenvalue weighted by Crippen LogP contribution is 2.54. The largest absolute Gasteiger partial charge is 0.393 e. The van der Waals surface area contributed by atoms with Crippen molar-refractivity contribution < 1.29 is 5.11 Å². The molecule has 2 saturated carbocycles. The zero-order valence-corrected chi connectivity index (χ0v) is 7.63.